The van der Waals surface area contributed by atoms with Gasteiger partial charge in [0.05, 0.1) is 11.5 Å². The molecule has 1 saturated heterocycles. The first-order chi connectivity index (χ1) is 17.1. The van der Waals surface area contributed by atoms with Crippen LogP contribution in [0.2, 0.25) is 0 Å². The summed E-state index contributed by atoms with van der Waals surface area (Å²) in [6.45, 7) is 13.2. The quantitative estimate of drug-likeness (QED) is 0.519. The van der Waals surface area contributed by atoms with Gasteiger partial charge in [0.25, 0.3) is 0 Å². The van der Waals surface area contributed by atoms with Crippen molar-refractivity contribution in [2.75, 3.05) is 26.5 Å². The zero-order chi connectivity index (χ0) is 27.2. The highest BCUT2D eigenvalue weighted by Gasteiger charge is 2.82. The van der Waals surface area contributed by atoms with E-state index in [1.54, 1.807) is 13.0 Å². The van der Waals surface area contributed by atoms with Crippen molar-refractivity contribution in [2.24, 2.45) is 38.9 Å². The van der Waals surface area contributed by atoms with Crippen LogP contribution >= 0.6 is 0 Å². The van der Waals surface area contributed by atoms with Crippen LogP contribution in [-0.4, -0.2) is 60.0 Å². The fraction of sp³-hybridized carbons (Fsp3) is 0.800. The summed E-state index contributed by atoms with van der Waals surface area (Å²) < 4.78 is 36.2. The number of alkyl halides is 2. The van der Waals surface area contributed by atoms with Gasteiger partial charge in [0.2, 0.25) is 6.86 Å². The molecule has 0 aromatic carbocycles. The monoisotopic (exact) mass is 519 g/mol. The van der Waals surface area contributed by atoms with Gasteiger partial charge >= 0.3 is 5.97 Å². The molecule has 0 aromatic heterocycles. The second-order valence-corrected chi connectivity index (χ2v) is 14.4. The Morgan fingerprint density at radius 1 is 1.24 bits per heavy atom. The summed E-state index contributed by atoms with van der Waals surface area (Å²) in [6.07, 6.45) is 6.03. The number of hydrogen-bond donors (Lipinski definition) is 1. The number of nitrogens with zero attached hydrogens (tertiary/aromatic N) is 1. The molecule has 0 spiro atoms. The Morgan fingerprint density at radius 2 is 1.95 bits per heavy atom. The minimum atomic E-state index is -1.97. The largest absolute Gasteiger partial charge is 0.433 e. The molecule has 1 N–H and O–H groups in total. The fourth-order valence-electron chi connectivity index (χ4n) is 9.56. The molecule has 5 nitrogen and oxygen atoms in total. The third kappa shape index (κ3) is 3.31. The van der Waals surface area contributed by atoms with Gasteiger partial charge in [-0.3, -0.25) is 9.59 Å². The van der Waals surface area contributed by atoms with Gasteiger partial charge in [-0.05, 0) is 79.9 Å². The Balaban J connectivity index is 1.58. The molecular weight excluding hydrogens is 476 g/mol. The number of ketones is 1. The number of carbonyl (C=O) groups excluding carboxylic acids is 2. The first kappa shape index (κ1) is 27.0. The summed E-state index contributed by atoms with van der Waals surface area (Å²) in [6, 6.07) is 0. The van der Waals surface area contributed by atoms with Crippen molar-refractivity contribution in [1.82, 2.24) is 4.90 Å². The molecule has 3 saturated carbocycles. The lowest BCUT2D eigenvalue weighted by Gasteiger charge is -2.67. The maximum atomic E-state index is 17.7. The van der Waals surface area contributed by atoms with Crippen molar-refractivity contribution >= 4 is 11.8 Å². The van der Waals surface area contributed by atoms with E-state index >= 15 is 4.39 Å². The summed E-state index contributed by atoms with van der Waals surface area (Å²) >= 11 is 0. The van der Waals surface area contributed by atoms with Gasteiger partial charge in [0.15, 0.2) is 11.5 Å². The van der Waals surface area contributed by atoms with Gasteiger partial charge in [-0.25, -0.2) is 8.78 Å². The molecule has 7 heteroatoms. The van der Waals surface area contributed by atoms with E-state index in [1.165, 1.54) is 12.2 Å². The molecular formula is C30H43F2NO4. The minimum Gasteiger partial charge on any atom is -0.433 e. The number of ether oxygens (including phenoxy) is 1. The Labute approximate surface area is 219 Å². The van der Waals surface area contributed by atoms with E-state index < -0.39 is 52.2 Å². The maximum Gasteiger partial charge on any atom is 0.316 e. The standard InChI is InChI=1S/C30H43F2NO4/c1-25(2,3)11-12-33-16-20-14-27(5)22-8-7-19-13-21(34)9-10-26(19,4)30(22,32)23(35)15-28(27,6)29(20,17-33)24(36)37-18-31/h9-10,13,20,22-23,35H,7-8,11-12,14-18H2,1-6H3. The van der Waals surface area contributed by atoms with E-state index in [-0.39, 0.29) is 23.5 Å². The lowest BCUT2D eigenvalue weighted by Crippen LogP contribution is -2.71. The number of hydrogen-bond acceptors (Lipinski definition) is 5. The number of esters is 1. The minimum absolute atomic E-state index is 0.0894. The highest BCUT2D eigenvalue weighted by Crippen LogP contribution is 2.79. The highest BCUT2D eigenvalue weighted by molar-refractivity contribution is 6.01. The van der Waals surface area contributed by atoms with E-state index in [0.29, 0.717) is 32.4 Å². The molecule has 0 aromatic rings. The number of likely N-dealkylation sites (tertiary alicyclic amines) is 1. The number of rotatable bonds is 4. The van der Waals surface area contributed by atoms with Crippen LogP contribution in [0, 0.1) is 38.9 Å². The molecule has 0 bridgehead atoms. The molecule has 4 fully saturated rings. The van der Waals surface area contributed by atoms with E-state index in [0.717, 1.165) is 18.5 Å². The Hall–Kier alpha value is -1.60. The van der Waals surface area contributed by atoms with E-state index in [4.69, 9.17) is 4.74 Å². The van der Waals surface area contributed by atoms with Crippen LogP contribution in [0.1, 0.15) is 73.6 Å². The third-order valence-electron chi connectivity index (χ3n) is 11.7. The molecule has 37 heavy (non-hydrogen) atoms. The van der Waals surface area contributed by atoms with Crippen LogP contribution in [0.3, 0.4) is 0 Å². The number of allylic oxidation sites excluding steroid dienone is 4. The van der Waals surface area contributed by atoms with Crippen LogP contribution < -0.4 is 0 Å². The number of fused-ring (bicyclic) bond motifs is 7. The molecule has 1 aliphatic heterocycles. The molecule has 8 unspecified atom stereocenters. The first-order valence-corrected chi connectivity index (χ1v) is 13.9. The van der Waals surface area contributed by atoms with Crippen molar-refractivity contribution in [3.63, 3.8) is 0 Å². The van der Waals surface area contributed by atoms with Crippen molar-refractivity contribution in [3.8, 4) is 0 Å². The summed E-state index contributed by atoms with van der Waals surface area (Å²) in [4.78, 5) is 28.2. The van der Waals surface area contributed by atoms with Crippen LogP contribution in [0.4, 0.5) is 8.78 Å². The van der Waals surface area contributed by atoms with E-state index in [9.17, 15) is 19.1 Å². The fourth-order valence-corrected chi connectivity index (χ4v) is 9.56. The molecule has 8 atom stereocenters. The molecule has 4 aliphatic carbocycles. The normalized spacial score (nSPS) is 47.1. The average molecular weight is 520 g/mol. The topological polar surface area (TPSA) is 66.8 Å². The second-order valence-electron chi connectivity index (χ2n) is 14.4. The lowest BCUT2D eigenvalue weighted by molar-refractivity contribution is -0.241. The zero-order valence-corrected chi connectivity index (χ0v) is 23.2. The highest BCUT2D eigenvalue weighted by atomic mass is 19.1. The lowest BCUT2D eigenvalue weighted by atomic mass is 9.39. The summed E-state index contributed by atoms with van der Waals surface area (Å²) in [5.74, 6) is -1.31. The number of halogens is 2. The average Bonchev–Trinajstić information content (AvgIpc) is 3.25. The van der Waals surface area contributed by atoms with Crippen LogP contribution in [0.5, 0.6) is 0 Å². The Kier molecular flexibility index (Phi) is 5.98. The van der Waals surface area contributed by atoms with Crippen LogP contribution in [0.25, 0.3) is 0 Å². The zero-order valence-electron chi connectivity index (χ0n) is 23.2. The second kappa shape index (κ2) is 8.20. The summed E-state index contributed by atoms with van der Waals surface area (Å²) in [5, 5.41) is 11.7. The van der Waals surface area contributed by atoms with Crippen molar-refractivity contribution in [3.05, 3.63) is 23.8 Å². The van der Waals surface area contributed by atoms with Gasteiger partial charge in [-0.15, -0.1) is 0 Å². The molecule has 1 heterocycles. The van der Waals surface area contributed by atoms with Gasteiger partial charge in [-0.2, -0.15) is 0 Å². The molecule has 206 valence electrons. The van der Waals surface area contributed by atoms with Crippen molar-refractivity contribution in [1.29, 1.82) is 0 Å². The summed E-state index contributed by atoms with van der Waals surface area (Å²) in [5.41, 5.74) is -4.59. The van der Waals surface area contributed by atoms with Crippen LogP contribution in [-0.2, 0) is 14.3 Å². The first-order valence-electron chi connectivity index (χ1n) is 13.9. The third-order valence-corrected chi connectivity index (χ3v) is 11.7. The summed E-state index contributed by atoms with van der Waals surface area (Å²) in [7, 11) is 0. The van der Waals surface area contributed by atoms with Crippen LogP contribution in [0.15, 0.2) is 23.8 Å². The SMILES string of the molecule is CC(C)(C)CCN1CC2CC3(C)C4CCC5=CC(=O)C=CC5(C)C4(F)C(O)CC3(C)C2(C(=O)OCF)C1. The molecule has 0 amide bonds. The van der Waals surface area contributed by atoms with Gasteiger partial charge < -0.3 is 14.7 Å². The predicted octanol–water partition coefficient (Wildman–Crippen LogP) is 5.18. The van der Waals surface area contributed by atoms with E-state index in [1.807, 2.05) is 6.92 Å². The number of aliphatic hydroxyl groups excluding tert-OH is 1. The van der Waals surface area contributed by atoms with E-state index in [2.05, 4.69) is 32.6 Å². The van der Waals surface area contributed by atoms with Gasteiger partial charge in [-0.1, -0.05) is 46.3 Å². The molecule has 0 radical (unpaired) electrons. The molecule has 5 aliphatic rings. The van der Waals surface area contributed by atoms with Gasteiger partial charge in [0.1, 0.15) is 0 Å². The van der Waals surface area contributed by atoms with Crippen molar-refractivity contribution < 1.29 is 28.2 Å². The number of carbonyl (C=O) groups is 2. The number of aliphatic hydroxyl groups is 1. The Bertz CT molecular complexity index is 1070. The van der Waals surface area contributed by atoms with Crippen molar-refractivity contribution in [2.45, 2.75) is 85.4 Å². The predicted molar refractivity (Wildman–Crippen MR) is 137 cm³/mol. The maximum absolute atomic E-state index is 17.7. The Morgan fingerprint density at radius 3 is 2.59 bits per heavy atom. The molecule has 5 rings (SSSR count). The van der Waals surface area contributed by atoms with Gasteiger partial charge in [0, 0.05) is 24.4 Å². The smallest absolute Gasteiger partial charge is 0.316 e.